The van der Waals surface area contributed by atoms with Gasteiger partial charge in [0.15, 0.2) is 0 Å². The first kappa shape index (κ1) is 19.0. The van der Waals surface area contributed by atoms with Crippen molar-refractivity contribution < 1.29 is 13.2 Å². The van der Waals surface area contributed by atoms with E-state index in [0.29, 0.717) is 17.8 Å². The monoisotopic (exact) mass is 361 g/mol. The smallest absolute Gasteiger partial charge is 0.251 e. The van der Waals surface area contributed by atoms with Crippen molar-refractivity contribution >= 4 is 21.6 Å². The van der Waals surface area contributed by atoms with Gasteiger partial charge < -0.3 is 10.2 Å². The van der Waals surface area contributed by atoms with Crippen LogP contribution in [0.3, 0.4) is 0 Å². The van der Waals surface area contributed by atoms with Gasteiger partial charge in [-0.15, -0.1) is 0 Å². The molecule has 0 spiro atoms. The molecule has 2 rings (SSSR count). The van der Waals surface area contributed by atoms with Crippen LogP contribution in [0.15, 0.2) is 54.6 Å². The van der Waals surface area contributed by atoms with Crippen LogP contribution in [0, 0.1) is 0 Å². The zero-order valence-electron chi connectivity index (χ0n) is 14.4. The topological polar surface area (TPSA) is 78.5 Å². The number of amides is 1. The minimum Gasteiger partial charge on any atom is -0.351 e. The fraction of sp³-hybridized carbons (Fsp3) is 0.278. The molecule has 2 aromatic rings. The van der Waals surface area contributed by atoms with Gasteiger partial charge in [0.1, 0.15) is 0 Å². The Hall–Kier alpha value is -2.38. The Balaban J connectivity index is 1.78. The van der Waals surface area contributed by atoms with Gasteiger partial charge >= 0.3 is 0 Å². The van der Waals surface area contributed by atoms with Crippen LogP contribution >= 0.6 is 0 Å². The number of carbonyl (C=O) groups is 1. The maximum absolute atomic E-state index is 12.1. The summed E-state index contributed by atoms with van der Waals surface area (Å²) >= 11 is 0. The Bertz CT molecular complexity index is 790. The van der Waals surface area contributed by atoms with E-state index in [1.54, 1.807) is 24.3 Å². The Morgan fingerprint density at radius 3 is 2.28 bits per heavy atom. The fourth-order valence-corrected chi connectivity index (χ4v) is 2.90. The van der Waals surface area contributed by atoms with Crippen LogP contribution in [0.2, 0.25) is 0 Å². The van der Waals surface area contributed by atoms with Crippen LogP contribution in [-0.2, 0) is 16.6 Å². The molecule has 2 aromatic carbocycles. The molecular weight excluding hydrogens is 338 g/mol. The van der Waals surface area contributed by atoms with E-state index in [2.05, 4.69) is 27.1 Å². The molecule has 0 aromatic heterocycles. The third kappa shape index (κ3) is 6.94. The lowest BCUT2D eigenvalue weighted by Gasteiger charge is -2.17. The van der Waals surface area contributed by atoms with Gasteiger partial charge in [-0.2, -0.15) is 0 Å². The van der Waals surface area contributed by atoms with Gasteiger partial charge in [0.2, 0.25) is 10.0 Å². The van der Waals surface area contributed by atoms with E-state index >= 15 is 0 Å². The van der Waals surface area contributed by atoms with Crippen LogP contribution in [0.25, 0.3) is 0 Å². The molecule has 0 aliphatic heterocycles. The van der Waals surface area contributed by atoms with Crippen molar-refractivity contribution in [1.82, 2.24) is 10.2 Å². The summed E-state index contributed by atoms with van der Waals surface area (Å²) in [5, 5.41) is 2.86. The second kappa shape index (κ2) is 8.64. The van der Waals surface area contributed by atoms with Gasteiger partial charge in [-0.1, -0.05) is 30.3 Å². The number of hydrogen-bond acceptors (Lipinski definition) is 4. The summed E-state index contributed by atoms with van der Waals surface area (Å²) in [6.45, 7) is 2.09. The molecule has 2 N–H and O–H groups in total. The lowest BCUT2D eigenvalue weighted by Crippen LogP contribution is -2.32. The standard InChI is InChI=1S/C18H23N3O3S/c1-21(14-15-6-4-3-5-7-15)13-12-19-18(22)16-8-10-17(11-9-16)20-25(2,23)24/h3-11,20H,12-14H2,1-2H3,(H,19,22). The van der Waals surface area contributed by atoms with Crippen LogP contribution in [-0.4, -0.2) is 45.6 Å². The second-order valence-corrected chi connectivity index (χ2v) is 7.68. The van der Waals surface area contributed by atoms with E-state index in [-0.39, 0.29) is 5.91 Å². The van der Waals surface area contributed by atoms with Gasteiger partial charge in [0, 0.05) is 30.9 Å². The normalized spacial score (nSPS) is 11.3. The van der Waals surface area contributed by atoms with Crippen molar-refractivity contribution in [2.24, 2.45) is 0 Å². The molecule has 25 heavy (non-hydrogen) atoms. The number of nitrogens with one attached hydrogen (secondary N) is 2. The van der Waals surface area contributed by atoms with Crippen molar-refractivity contribution in [2.75, 3.05) is 31.1 Å². The third-order valence-electron chi connectivity index (χ3n) is 3.52. The minimum atomic E-state index is -3.32. The van der Waals surface area contributed by atoms with Gasteiger partial charge in [-0.3, -0.25) is 9.52 Å². The molecule has 0 aliphatic rings. The molecule has 0 radical (unpaired) electrons. The molecule has 7 heteroatoms. The van der Waals surface area contributed by atoms with E-state index in [9.17, 15) is 13.2 Å². The number of anilines is 1. The molecule has 0 unspecified atom stereocenters. The zero-order valence-corrected chi connectivity index (χ0v) is 15.2. The first-order valence-electron chi connectivity index (χ1n) is 7.92. The number of carbonyl (C=O) groups excluding carboxylic acids is 1. The maximum atomic E-state index is 12.1. The quantitative estimate of drug-likeness (QED) is 0.753. The van der Waals surface area contributed by atoms with Crippen LogP contribution in [0.5, 0.6) is 0 Å². The fourth-order valence-electron chi connectivity index (χ4n) is 2.34. The molecule has 1 amide bonds. The molecule has 0 saturated heterocycles. The molecule has 6 nitrogen and oxygen atoms in total. The highest BCUT2D eigenvalue weighted by atomic mass is 32.2. The first-order chi connectivity index (χ1) is 11.8. The van der Waals surface area contributed by atoms with Gasteiger partial charge in [0.25, 0.3) is 5.91 Å². The number of hydrogen-bond donors (Lipinski definition) is 2. The lowest BCUT2D eigenvalue weighted by atomic mass is 10.2. The summed E-state index contributed by atoms with van der Waals surface area (Å²) in [7, 11) is -1.31. The number of rotatable bonds is 8. The SMILES string of the molecule is CN(CCNC(=O)c1ccc(NS(C)(=O)=O)cc1)Cc1ccccc1. The van der Waals surface area contributed by atoms with Crippen molar-refractivity contribution in [3.05, 3.63) is 65.7 Å². The van der Waals surface area contributed by atoms with Crippen LogP contribution in [0.4, 0.5) is 5.69 Å². The molecule has 0 aliphatic carbocycles. The zero-order chi connectivity index (χ0) is 18.3. The first-order valence-corrected chi connectivity index (χ1v) is 9.81. The highest BCUT2D eigenvalue weighted by Gasteiger charge is 2.07. The van der Waals surface area contributed by atoms with Crippen LogP contribution in [0.1, 0.15) is 15.9 Å². The van der Waals surface area contributed by atoms with E-state index in [0.717, 1.165) is 19.3 Å². The summed E-state index contributed by atoms with van der Waals surface area (Å²) in [6, 6.07) is 16.5. The third-order valence-corrected chi connectivity index (χ3v) is 4.13. The number of likely N-dealkylation sites (N-methyl/N-ethyl adjacent to an activating group) is 1. The molecule has 0 saturated carbocycles. The maximum Gasteiger partial charge on any atom is 0.251 e. The average molecular weight is 361 g/mol. The highest BCUT2D eigenvalue weighted by molar-refractivity contribution is 7.92. The van der Waals surface area contributed by atoms with Gasteiger partial charge in [0.05, 0.1) is 6.26 Å². The van der Waals surface area contributed by atoms with Gasteiger partial charge in [-0.25, -0.2) is 8.42 Å². The molecule has 134 valence electrons. The summed E-state index contributed by atoms with van der Waals surface area (Å²) in [5.74, 6) is -0.181. The van der Waals surface area contributed by atoms with E-state index in [1.807, 2.05) is 25.2 Å². The Kier molecular flexibility index (Phi) is 6.55. The molecule has 0 atom stereocenters. The number of benzene rings is 2. The van der Waals surface area contributed by atoms with Crippen molar-refractivity contribution in [1.29, 1.82) is 0 Å². The molecule has 0 bridgehead atoms. The van der Waals surface area contributed by atoms with E-state index in [1.165, 1.54) is 5.56 Å². The number of sulfonamides is 1. The van der Waals surface area contributed by atoms with Crippen molar-refractivity contribution in [3.8, 4) is 0 Å². The molecular formula is C18H23N3O3S. The molecule has 0 fully saturated rings. The van der Waals surface area contributed by atoms with E-state index in [4.69, 9.17) is 0 Å². The summed E-state index contributed by atoms with van der Waals surface area (Å²) in [6.07, 6.45) is 1.08. The summed E-state index contributed by atoms with van der Waals surface area (Å²) in [4.78, 5) is 14.2. The Morgan fingerprint density at radius 2 is 1.68 bits per heavy atom. The summed E-state index contributed by atoms with van der Waals surface area (Å²) in [5.41, 5.74) is 2.15. The molecule has 0 heterocycles. The largest absolute Gasteiger partial charge is 0.351 e. The second-order valence-electron chi connectivity index (χ2n) is 5.93. The average Bonchev–Trinajstić information content (AvgIpc) is 2.55. The van der Waals surface area contributed by atoms with Crippen LogP contribution < -0.4 is 10.0 Å². The van der Waals surface area contributed by atoms with E-state index < -0.39 is 10.0 Å². The number of nitrogens with zero attached hydrogens (tertiary/aromatic N) is 1. The van der Waals surface area contributed by atoms with Crippen molar-refractivity contribution in [2.45, 2.75) is 6.54 Å². The van der Waals surface area contributed by atoms with Crippen molar-refractivity contribution in [3.63, 3.8) is 0 Å². The lowest BCUT2D eigenvalue weighted by molar-refractivity contribution is 0.0949. The summed E-state index contributed by atoms with van der Waals surface area (Å²) < 4.78 is 24.7. The predicted octanol–water partition coefficient (Wildman–Crippen LogP) is 1.92. The van der Waals surface area contributed by atoms with Gasteiger partial charge in [-0.05, 0) is 36.9 Å². The Morgan fingerprint density at radius 1 is 1.04 bits per heavy atom. The highest BCUT2D eigenvalue weighted by Crippen LogP contribution is 2.10. The predicted molar refractivity (Wildman–Crippen MR) is 100 cm³/mol. The Labute approximate surface area is 148 Å². The minimum absolute atomic E-state index is 0.181.